The van der Waals surface area contributed by atoms with E-state index in [2.05, 4.69) is 4.90 Å². The van der Waals surface area contributed by atoms with Crippen LogP contribution in [0.25, 0.3) is 0 Å². The molecular weight excluding hydrogens is 162 g/mol. The van der Waals surface area contributed by atoms with Crippen LogP contribution in [0.2, 0.25) is 0 Å². The Morgan fingerprint density at radius 2 is 1.85 bits per heavy atom. The Kier molecular flexibility index (Phi) is 1.72. The van der Waals surface area contributed by atoms with Crippen molar-refractivity contribution in [3.8, 4) is 0 Å². The third-order valence-corrected chi connectivity index (χ3v) is 3.99. The summed E-state index contributed by atoms with van der Waals surface area (Å²) in [4.78, 5) is 13.9. The SMILES string of the molecule is O=C1CCC2C1N2C1CCCCC1. The number of hydrogen-bond donors (Lipinski definition) is 0. The zero-order valence-corrected chi connectivity index (χ0v) is 8.04. The highest BCUT2D eigenvalue weighted by molar-refractivity contribution is 5.90. The first-order valence-corrected chi connectivity index (χ1v) is 5.68. The van der Waals surface area contributed by atoms with Crippen molar-refractivity contribution in [1.82, 2.24) is 4.90 Å². The maximum absolute atomic E-state index is 11.4. The number of piperidine rings is 1. The molecule has 1 aliphatic heterocycles. The monoisotopic (exact) mass is 179 g/mol. The van der Waals surface area contributed by atoms with Crippen molar-refractivity contribution in [1.29, 1.82) is 0 Å². The minimum atomic E-state index is 0.378. The fourth-order valence-corrected chi connectivity index (χ4v) is 3.30. The average Bonchev–Trinajstić information content (AvgIpc) is 2.80. The number of carbonyl (C=O) groups excluding carboxylic acids is 1. The first-order valence-electron chi connectivity index (χ1n) is 5.68. The Bertz CT molecular complexity index is 232. The van der Waals surface area contributed by atoms with Crippen LogP contribution in [0.3, 0.4) is 0 Å². The normalized spacial score (nSPS) is 44.9. The number of carbonyl (C=O) groups is 1. The van der Waals surface area contributed by atoms with E-state index in [1.165, 1.54) is 32.1 Å². The van der Waals surface area contributed by atoms with Crippen LogP contribution in [0.1, 0.15) is 44.9 Å². The zero-order valence-electron chi connectivity index (χ0n) is 8.04. The molecule has 0 bridgehead atoms. The van der Waals surface area contributed by atoms with E-state index in [-0.39, 0.29) is 0 Å². The number of hydrogen-bond acceptors (Lipinski definition) is 2. The minimum absolute atomic E-state index is 0.378. The molecule has 3 rings (SSSR count). The molecule has 2 saturated carbocycles. The lowest BCUT2D eigenvalue weighted by Crippen LogP contribution is -2.27. The fourth-order valence-electron chi connectivity index (χ4n) is 3.30. The predicted molar refractivity (Wildman–Crippen MR) is 50.5 cm³/mol. The van der Waals surface area contributed by atoms with Gasteiger partial charge < -0.3 is 0 Å². The Labute approximate surface area is 79.3 Å². The van der Waals surface area contributed by atoms with Crippen LogP contribution in [-0.2, 0) is 4.79 Å². The van der Waals surface area contributed by atoms with Crippen LogP contribution in [-0.4, -0.2) is 28.8 Å². The Balaban J connectivity index is 1.65. The highest BCUT2D eigenvalue weighted by Gasteiger charge is 2.58. The summed E-state index contributed by atoms with van der Waals surface area (Å²) in [6.07, 6.45) is 8.89. The van der Waals surface area contributed by atoms with Crippen LogP contribution >= 0.6 is 0 Å². The van der Waals surface area contributed by atoms with Gasteiger partial charge in [-0.05, 0) is 19.3 Å². The van der Waals surface area contributed by atoms with Gasteiger partial charge in [-0.3, -0.25) is 9.69 Å². The molecule has 2 heteroatoms. The number of rotatable bonds is 1. The van der Waals surface area contributed by atoms with Crippen molar-refractivity contribution in [3.63, 3.8) is 0 Å². The lowest BCUT2D eigenvalue weighted by Gasteiger charge is -2.24. The van der Waals surface area contributed by atoms with Gasteiger partial charge in [-0.2, -0.15) is 0 Å². The molecule has 3 unspecified atom stereocenters. The molecule has 13 heavy (non-hydrogen) atoms. The molecule has 1 saturated heterocycles. The van der Waals surface area contributed by atoms with Gasteiger partial charge in [-0.25, -0.2) is 0 Å². The average molecular weight is 179 g/mol. The molecule has 3 aliphatic rings. The van der Waals surface area contributed by atoms with E-state index in [0.29, 0.717) is 17.9 Å². The topological polar surface area (TPSA) is 20.1 Å². The van der Waals surface area contributed by atoms with E-state index < -0.39 is 0 Å². The van der Waals surface area contributed by atoms with E-state index in [1.54, 1.807) is 0 Å². The number of nitrogens with zero attached hydrogens (tertiary/aromatic N) is 1. The highest BCUT2D eigenvalue weighted by atomic mass is 16.1. The van der Waals surface area contributed by atoms with Crippen LogP contribution in [0.5, 0.6) is 0 Å². The largest absolute Gasteiger partial charge is 0.298 e. The Hall–Kier alpha value is -0.370. The number of likely N-dealkylation sites (tertiary alicyclic amines) is 1. The standard InChI is InChI=1S/C11H17NO/c13-10-7-6-9-11(10)12(9)8-4-2-1-3-5-8/h8-9,11H,1-7H2. The van der Waals surface area contributed by atoms with Crippen molar-refractivity contribution in [2.45, 2.75) is 63.1 Å². The number of ketones is 1. The molecule has 0 radical (unpaired) electrons. The van der Waals surface area contributed by atoms with Gasteiger partial charge in [0.1, 0.15) is 0 Å². The molecule has 3 atom stereocenters. The lowest BCUT2D eigenvalue weighted by atomic mass is 9.95. The van der Waals surface area contributed by atoms with Crippen molar-refractivity contribution >= 4 is 5.78 Å². The molecule has 0 aromatic heterocycles. The molecule has 72 valence electrons. The van der Waals surface area contributed by atoms with Gasteiger partial charge in [0.2, 0.25) is 0 Å². The third kappa shape index (κ3) is 1.15. The van der Waals surface area contributed by atoms with Gasteiger partial charge >= 0.3 is 0 Å². The highest BCUT2D eigenvalue weighted by Crippen LogP contribution is 2.44. The summed E-state index contributed by atoms with van der Waals surface area (Å²) in [5, 5.41) is 0. The summed E-state index contributed by atoms with van der Waals surface area (Å²) in [5.74, 6) is 0.524. The van der Waals surface area contributed by atoms with Gasteiger partial charge in [0.05, 0.1) is 6.04 Å². The van der Waals surface area contributed by atoms with Crippen LogP contribution < -0.4 is 0 Å². The van der Waals surface area contributed by atoms with Gasteiger partial charge in [-0.1, -0.05) is 19.3 Å². The van der Waals surface area contributed by atoms with Gasteiger partial charge in [0.15, 0.2) is 5.78 Å². The van der Waals surface area contributed by atoms with Crippen LogP contribution in [0.4, 0.5) is 0 Å². The number of Topliss-reactive ketones (excluding diaryl/α,β-unsaturated/α-hetero) is 1. The lowest BCUT2D eigenvalue weighted by molar-refractivity contribution is -0.118. The molecule has 3 fully saturated rings. The Morgan fingerprint density at radius 3 is 2.46 bits per heavy atom. The Morgan fingerprint density at radius 1 is 1.08 bits per heavy atom. The molecular formula is C11H17NO. The minimum Gasteiger partial charge on any atom is -0.298 e. The molecule has 2 aliphatic carbocycles. The van der Waals surface area contributed by atoms with E-state index in [9.17, 15) is 4.79 Å². The van der Waals surface area contributed by atoms with Crippen LogP contribution in [0, 0.1) is 0 Å². The second kappa shape index (κ2) is 2.81. The molecule has 2 nitrogen and oxygen atoms in total. The summed E-state index contributed by atoms with van der Waals surface area (Å²) < 4.78 is 0. The predicted octanol–water partition coefficient (Wildman–Crippen LogP) is 1.73. The van der Waals surface area contributed by atoms with Crippen molar-refractivity contribution in [3.05, 3.63) is 0 Å². The first-order chi connectivity index (χ1) is 6.38. The van der Waals surface area contributed by atoms with Crippen LogP contribution in [0.15, 0.2) is 0 Å². The van der Waals surface area contributed by atoms with Crippen molar-refractivity contribution < 1.29 is 4.79 Å². The second-order valence-corrected chi connectivity index (χ2v) is 4.76. The van der Waals surface area contributed by atoms with E-state index in [0.717, 1.165) is 18.9 Å². The van der Waals surface area contributed by atoms with Gasteiger partial charge in [0.25, 0.3) is 0 Å². The quantitative estimate of drug-likeness (QED) is 0.571. The molecule has 1 heterocycles. The maximum Gasteiger partial charge on any atom is 0.151 e. The smallest absolute Gasteiger partial charge is 0.151 e. The first kappa shape index (κ1) is 7.98. The molecule has 0 N–H and O–H groups in total. The summed E-state index contributed by atoms with van der Waals surface area (Å²) >= 11 is 0. The third-order valence-electron chi connectivity index (χ3n) is 3.99. The summed E-state index contributed by atoms with van der Waals surface area (Å²) in [7, 11) is 0. The summed E-state index contributed by atoms with van der Waals surface area (Å²) in [5.41, 5.74) is 0. The van der Waals surface area contributed by atoms with Crippen molar-refractivity contribution in [2.75, 3.05) is 0 Å². The van der Waals surface area contributed by atoms with Gasteiger partial charge in [0, 0.05) is 18.5 Å². The zero-order chi connectivity index (χ0) is 8.84. The summed E-state index contributed by atoms with van der Waals surface area (Å²) in [6.45, 7) is 0. The van der Waals surface area contributed by atoms with E-state index in [1.807, 2.05) is 0 Å². The maximum atomic E-state index is 11.4. The molecule has 0 aromatic carbocycles. The van der Waals surface area contributed by atoms with E-state index >= 15 is 0 Å². The molecule has 0 aromatic rings. The van der Waals surface area contributed by atoms with Crippen molar-refractivity contribution in [2.24, 2.45) is 0 Å². The van der Waals surface area contributed by atoms with Gasteiger partial charge in [-0.15, -0.1) is 0 Å². The second-order valence-electron chi connectivity index (χ2n) is 4.76. The fraction of sp³-hybridized carbons (Fsp3) is 0.909. The number of fused-ring (bicyclic) bond motifs is 1. The molecule has 0 spiro atoms. The molecule has 0 amide bonds. The van der Waals surface area contributed by atoms with E-state index in [4.69, 9.17) is 0 Å². The summed E-state index contributed by atoms with van der Waals surface area (Å²) in [6, 6.07) is 1.83.